The second kappa shape index (κ2) is 3.27. The van der Waals surface area contributed by atoms with Crippen LogP contribution in [0.1, 0.15) is 10.4 Å². The average Bonchev–Trinajstić information content (AvgIpc) is 2.18. The summed E-state index contributed by atoms with van der Waals surface area (Å²) in [4.78, 5) is 14.7. The van der Waals surface area contributed by atoms with E-state index in [1.165, 1.54) is 12.3 Å². The average molecular weight is 208 g/mol. The number of carboxylic acid groups (broad SMARTS) is 1. The molecule has 0 radical (unpaired) electrons. The van der Waals surface area contributed by atoms with Crippen molar-refractivity contribution in [3.63, 3.8) is 0 Å². The number of nitrogens with zero attached hydrogens (tertiary/aromatic N) is 1. The molecule has 3 nitrogen and oxygen atoms in total. The van der Waals surface area contributed by atoms with Gasteiger partial charge in [0, 0.05) is 16.6 Å². The number of carboxylic acids is 1. The molecule has 70 valence electrons. The zero-order valence-corrected chi connectivity index (χ0v) is 7.82. The van der Waals surface area contributed by atoms with Gasteiger partial charge in [0.2, 0.25) is 0 Å². The highest BCUT2D eigenvalue weighted by Crippen LogP contribution is 2.22. The van der Waals surface area contributed by atoms with Crippen LogP contribution in [0.25, 0.3) is 10.9 Å². The molecule has 1 N–H and O–H groups in total. The summed E-state index contributed by atoms with van der Waals surface area (Å²) in [5.74, 6) is -1.00. The predicted molar refractivity (Wildman–Crippen MR) is 53.7 cm³/mol. The maximum atomic E-state index is 10.7. The summed E-state index contributed by atoms with van der Waals surface area (Å²) in [7, 11) is 0. The van der Waals surface area contributed by atoms with Crippen LogP contribution >= 0.6 is 11.6 Å². The first-order valence-electron chi connectivity index (χ1n) is 3.96. The molecule has 1 aromatic heterocycles. The largest absolute Gasteiger partial charge is 0.478 e. The van der Waals surface area contributed by atoms with Gasteiger partial charge in [0.25, 0.3) is 0 Å². The first-order valence-corrected chi connectivity index (χ1v) is 4.34. The normalized spacial score (nSPS) is 10.4. The molecule has 0 saturated heterocycles. The van der Waals surface area contributed by atoms with Crippen LogP contribution in [0.15, 0.2) is 30.5 Å². The summed E-state index contributed by atoms with van der Waals surface area (Å²) in [5.41, 5.74) is 0.841. The minimum Gasteiger partial charge on any atom is -0.478 e. The molecule has 0 atom stereocenters. The number of hydrogen-bond acceptors (Lipinski definition) is 2. The van der Waals surface area contributed by atoms with Gasteiger partial charge in [-0.2, -0.15) is 0 Å². The van der Waals surface area contributed by atoms with Crippen LogP contribution in [0.3, 0.4) is 0 Å². The van der Waals surface area contributed by atoms with Crippen molar-refractivity contribution in [3.05, 3.63) is 41.0 Å². The summed E-state index contributed by atoms with van der Waals surface area (Å²) in [6.07, 6.45) is 1.32. The van der Waals surface area contributed by atoms with Crippen molar-refractivity contribution in [3.8, 4) is 0 Å². The Balaban J connectivity index is 2.76. The van der Waals surface area contributed by atoms with Gasteiger partial charge < -0.3 is 5.11 Å². The van der Waals surface area contributed by atoms with Crippen LogP contribution in [0, 0.1) is 0 Å². The number of aromatic carboxylic acids is 1. The lowest BCUT2D eigenvalue weighted by Crippen LogP contribution is -1.96. The number of rotatable bonds is 1. The predicted octanol–water partition coefficient (Wildman–Crippen LogP) is 2.59. The van der Waals surface area contributed by atoms with Crippen LogP contribution in [0.5, 0.6) is 0 Å². The molecule has 0 amide bonds. The van der Waals surface area contributed by atoms with Crippen molar-refractivity contribution in [2.75, 3.05) is 0 Å². The van der Waals surface area contributed by atoms with Gasteiger partial charge in [-0.3, -0.25) is 4.98 Å². The van der Waals surface area contributed by atoms with Crippen molar-refractivity contribution in [1.82, 2.24) is 4.98 Å². The highest BCUT2D eigenvalue weighted by molar-refractivity contribution is 6.35. The minimum atomic E-state index is -1.00. The Morgan fingerprint density at radius 1 is 1.43 bits per heavy atom. The fourth-order valence-corrected chi connectivity index (χ4v) is 1.45. The van der Waals surface area contributed by atoms with Crippen LogP contribution in [-0.4, -0.2) is 16.1 Å². The summed E-state index contributed by atoms with van der Waals surface area (Å²) in [5, 5.41) is 9.93. The van der Waals surface area contributed by atoms with Crippen LogP contribution in [0.4, 0.5) is 0 Å². The Hall–Kier alpha value is -1.61. The second-order valence-electron chi connectivity index (χ2n) is 2.84. The smallest absolute Gasteiger partial charge is 0.337 e. The number of halogens is 1. The van der Waals surface area contributed by atoms with E-state index in [0.29, 0.717) is 15.9 Å². The summed E-state index contributed by atoms with van der Waals surface area (Å²) < 4.78 is 0. The third kappa shape index (κ3) is 1.42. The number of benzene rings is 1. The van der Waals surface area contributed by atoms with E-state index >= 15 is 0 Å². The molecule has 1 aromatic carbocycles. The molecular formula is C10H6ClNO2. The first kappa shape index (κ1) is 8.97. The summed E-state index contributed by atoms with van der Waals surface area (Å²) in [6, 6.07) is 6.79. The van der Waals surface area contributed by atoms with Crippen LogP contribution < -0.4 is 0 Å². The van der Waals surface area contributed by atoms with Gasteiger partial charge in [0.1, 0.15) is 0 Å². The van der Waals surface area contributed by atoms with E-state index < -0.39 is 5.97 Å². The fraction of sp³-hybridized carbons (Fsp3) is 0. The molecule has 14 heavy (non-hydrogen) atoms. The molecule has 0 aliphatic rings. The second-order valence-corrected chi connectivity index (χ2v) is 3.24. The topological polar surface area (TPSA) is 50.2 Å². The van der Waals surface area contributed by atoms with Crippen molar-refractivity contribution in [2.24, 2.45) is 0 Å². The highest BCUT2D eigenvalue weighted by Gasteiger charge is 2.06. The SMILES string of the molecule is O=C(O)c1cnc2cccc(Cl)c2c1. The van der Waals surface area contributed by atoms with Crippen molar-refractivity contribution >= 4 is 28.5 Å². The number of hydrogen-bond donors (Lipinski definition) is 1. The molecule has 0 spiro atoms. The zero-order chi connectivity index (χ0) is 10.1. The third-order valence-corrected chi connectivity index (χ3v) is 2.25. The molecule has 0 aliphatic carbocycles. The fourth-order valence-electron chi connectivity index (χ4n) is 1.23. The Labute approximate surface area is 85.0 Å². The highest BCUT2D eigenvalue weighted by atomic mass is 35.5. The Bertz CT molecular complexity index is 510. The molecule has 0 fully saturated rings. The number of carbonyl (C=O) groups is 1. The van der Waals surface area contributed by atoms with Gasteiger partial charge in [0.05, 0.1) is 11.1 Å². The molecule has 0 bridgehead atoms. The maximum Gasteiger partial charge on any atom is 0.337 e. The van der Waals surface area contributed by atoms with Gasteiger partial charge in [-0.05, 0) is 18.2 Å². The van der Waals surface area contributed by atoms with Crippen molar-refractivity contribution < 1.29 is 9.90 Å². The Kier molecular flexibility index (Phi) is 2.09. The van der Waals surface area contributed by atoms with E-state index in [0.717, 1.165) is 0 Å². The monoisotopic (exact) mass is 207 g/mol. The van der Waals surface area contributed by atoms with Crippen LogP contribution in [-0.2, 0) is 0 Å². The summed E-state index contributed by atoms with van der Waals surface area (Å²) >= 11 is 5.90. The summed E-state index contributed by atoms with van der Waals surface area (Å²) in [6.45, 7) is 0. The molecule has 2 rings (SSSR count). The number of pyridine rings is 1. The van der Waals surface area contributed by atoms with Crippen LogP contribution in [0.2, 0.25) is 5.02 Å². The molecule has 2 aromatic rings. The Morgan fingerprint density at radius 2 is 2.21 bits per heavy atom. The molecule has 0 unspecified atom stereocenters. The lowest BCUT2D eigenvalue weighted by molar-refractivity contribution is 0.0696. The van der Waals surface area contributed by atoms with Crippen molar-refractivity contribution in [1.29, 1.82) is 0 Å². The van der Waals surface area contributed by atoms with Gasteiger partial charge in [-0.15, -0.1) is 0 Å². The van der Waals surface area contributed by atoms with Gasteiger partial charge >= 0.3 is 5.97 Å². The zero-order valence-electron chi connectivity index (χ0n) is 7.07. The molecule has 1 heterocycles. The first-order chi connectivity index (χ1) is 6.68. The number of fused-ring (bicyclic) bond motifs is 1. The lowest BCUT2D eigenvalue weighted by Gasteiger charge is -2.00. The van der Waals surface area contributed by atoms with Gasteiger partial charge in [-0.1, -0.05) is 17.7 Å². The van der Waals surface area contributed by atoms with E-state index in [1.807, 2.05) is 0 Å². The molecule has 4 heteroatoms. The van der Waals surface area contributed by atoms with Gasteiger partial charge in [-0.25, -0.2) is 4.79 Å². The Morgan fingerprint density at radius 3 is 2.93 bits per heavy atom. The number of aromatic nitrogens is 1. The molecular weight excluding hydrogens is 202 g/mol. The standard InChI is InChI=1S/C10H6ClNO2/c11-8-2-1-3-9-7(8)4-6(5-12-9)10(13)14/h1-5H,(H,13,14). The van der Waals surface area contributed by atoms with E-state index in [1.54, 1.807) is 18.2 Å². The van der Waals surface area contributed by atoms with E-state index in [-0.39, 0.29) is 5.56 Å². The van der Waals surface area contributed by atoms with E-state index in [4.69, 9.17) is 16.7 Å². The quantitative estimate of drug-likeness (QED) is 0.782. The molecule has 0 saturated carbocycles. The third-order valence-electron chi connectivity index (χ3n) is 1.92. The maximum absolute atomic E-state index is 10.7. The molecule has 0 aliphatic heterocycles. The van der Waals surface area contributed by atoms with E-state index in [9.17, 15) is 4.79 Å². The van der Waals surface area contributed by atoms with Gasteiger partial charge in [0.15, 0.2) is 0 Å². The lowest BCUT2D eigenvalue weighted by atomic mass is 10.1. The minimum absolute atomic E-state index is 0.144. The van der Waals surface area contributed by atoms with E-state index in [2.05, 4.69) is 4.98 Å². The van der Waals surface area contributed by atoms with Crippen molar-refractivity contribution in [2.45, 2.75) is 0 Å².